The average Bonchev–Trinajstić information content (AvgIpc) is 3.37. The topological polar surface area (TPSA) is 114 Å². The highest BCUT2D eigenvalue weighted by atomic mass is 35.5. The van der Waals surface area contributed by atoms with Crippen molar-refractivity contribution in [2.75, 3.05) is 6.61 Å². The highest BCUT2D eigenvalue weighted by Gasteiger charge is 2.45. The van der Waals surface area contributed by atoms with Crippen LogP contribution < -0.4 is 10.6 Å². The Morgan fingerprint density at radius 1 is 1.18 bits per heavy atom. The summed E-state index contributed by atoms with van der Waals surface area (Å²) in [6, 6.07) is 4.23. The molecular formula is C24H28ClN3O6. The average molecular weight is 490 g/mol. The molecule has 0 radical (unpaired) electrons. The minimum Gasteiger partial charge on any atom is -0.433 e. The molecule has 9 nitrogen and oxygen atoms in total. The second kappa shape index (κ2) is 10.6. The molecule has 2 fully saturated rings. The number of carbonyl (C=O) groups is 4. The summed E-state index contributed by atoms with van der Waals surface area (Å²) in [5.74, 6) is -1.51. The summed E-state index contributed by atoms with van der Waals surface area (Å²) in [6.07, 6.45) is 5.16. The van der Waals surface area contributed by atoms with Gasteiger partial charge in [0.2, 0.25) is 18.1 Å². The van der Waals surface area contributed by atoms with Crippen LogP contribution in [0.3, 0.4) is 0 Å². The van der Waals surface area contributed by atoms with Crippen LogP contribution in [-0.2, 0) is 23.9 Å². The van der Waals surface area contributed by atoms with Crippen LogP contribution >= 0.6 is 11.6 Å². The lowest BCUT2D eigenvalue weighted by Gasteiger charge is -2.34. The number of fused-ring (bicyclic) bond motifs is 1. The van der Waals surface area contributed by atoms with Crippen LogP contribution in [0.25, 0.3) is 0 Å². The Bertz CT molecular complexity index is 999. The monoisotopic (exact) mass is 489 g/mol. The first-order chi connectivity index (χ1) is 16.4. The number of cyclic esters (lactones) is 1. The molecule has 3 aliphatic heterocycles. The lowest BCUT2D eigenvalue weighted by Crippen LogP contribution is -2.57. The number of halogens is 1. The standard InChI is InChI=1S/C24H28ClN3O6/c1-2-33-24-18(13-20(29)34-24)27-22(31)19-11-10-16-8-3-4-9-17(23(32)28(16)19)26-21(30)14-6-5-7-15(25)12-14/h3-7,12,16-19,24H,2,8-11,13H2,1H3,(H,26,30)(H,27,31)/t16-,17+,18?,19+,24?/m1/s1. The summed E-state index contributed by atoms with van der Waals surface area (Å²) in [6.45, 7) is 2.11. The first kappa shape index (κ1) is 24.2. The molecule has 3 heterocycles. The molecule has 2 unspecified atom stereocenters. The Morgan fingerprint density at radius 2 is 1.97 bits per heavy atom. The molecule has 2 N–H and O–H groups in total. The first-order valence-electron chi connectivity index (χ1n) is 11.5. The zero-order chi connectivity index (χ0) is 24.2. The molecule has 0 saturated carbocycles. The van der Waals surface area contributed by atoms with E-state index in [0.717, 1.165) is 0 Å². The van der Waals surface area contributed by atoms with Crippen LogP contribution in [-0.4, -0.2) is 65.7 Å². The number of nitrogens with zero attached hydrogens (tertiary/aromatic N) is 1. The Hall–Kier alpha value is -2.91. The normalized spacial score (nSPS) is 28.6. The van der Waals surface area contributed by atoms with Crippen LogP contribution in [0.5, 0.6) is 0 Å². The smallest absolute Gasteiger partial charge is 0.310 e. The van der Waals surface area contributed by atoms with Crippen molar-refractivity contribution in [1.29, 1.82) is 0 Å². The highest BCUT2D eigenvalue weighted by Crippen LogP contribution is 2.30. The van der Waals surface area contributed by atoms with Gasteiger partial charge in [0.15, 0.2) is 0 Å². The molecule has 2 saturated heterocycles. The summed E-state index contributed by atoms with van der Waals surface area (Å²) in [4.78, 5) is 52.8. The van der Waals surface area contributed by atoms with E-state index in [-0.39, 0.29) is 24.3 Å². The number of hydrogen-bond acceptors (Lipinski definition) is 6. The SMILES string of the molecule is CCOC1OC(=O)CC1NC(=O)[C@@H]1CC[C@H]2CC=CC[C@H](NC(=O)c3cccc(Cl)c3)C(=O)N21. The van der Waals surface area contributed by atoms with Crippen molar-refractivity contribution >= 4 is 35.3 Å². The molecule has 0 aromatic heterocycles. The molecule has 34 heavy (non-hydrogen) atoms. The van der Waals surface area contributed by atoms with Gasteiger partial charge >= 0.3 is 5.97 Å². The van der Waals surface area contributed by atoms with Crippen molar-refractivity contribution in [3.8, 4) is 0 Å². The maximum absolute atomic E-state index is 13.6. The summed E-state index contributed by atoms with van der Waals surface area (Å²) in [5.41, 5.74) is 0.353. The number of ether oxygens (including phenoxy) is 2. The second-order valence-electron chi connectivity index (χ2n) is 8.60. The summed E-state index contributed by atoms with van der Waals surface area (Å²) in [7, 11) is 0. The largest absolute Gasteiger partial charge is 0.433 e. The second-order valence-corrected chi connectivity index (χ2v) is 9.04. The van der Waals surface area contributed by atoms with Crippen LogP contribution in [0.1, 0.15) is 49.4 Å². The zero-order valence-electron chi connectivity index (χ0n) is 18.9. The molecule has 0 spiro atoms. The molecule has 3 amide bonds. The third kappa shape index (κ3) is 5.26. The van der Waals surface area contributed by atoms with Gasteiger partial charge in [-0.25, -0.2) is 0 Å². The molecule has 0 aliphatic carbocycles. The lowest BCUT2D eigenvalue weighted by molar-refractivity contribution is -0.164. The summed E-state index contributed by atoms with van der Waals surface area (Å²) in [5, 5.41) is 6.06. The van der Waals surface area contributed by atoms with E-state index >= 15 is 0 Å². The number of hydrogen-bond donors (Lipinski definition) is 2. The number of amides is 3. The van der Waals surface area contributed by atoms with Gasteiger partial charge in [-0.05, 0) is 50.8 Å². The quantitative estimate of drug-likeness (QED) is 0.466. The minimum atomic E-state index is -0.839. The van der Waals surface area contributed by atoms with Crippen molar-refractivity contribution in [3.05, 3.63) is 47.0 Å². The van der Waals surface area contributed by atoms with Crippen LogP contribution in [0, 0.1) is 0 Å². The maximum atomic E-state index is 13.6. The zero-order valence-corrected chi connectivity index (χ0v) is 19.6. The van der Waals surface area contributed by atoms with Crippen molar-refractivity contribution in [2.24, 2.45) is 0 Å². The van der Waals surface area contributed by atoms with E-state index in [1.54, 1.807) is 30.0 Å². The molecule has 1 aromatic rings. The van der Waals surface area contributed by atoms with E-state index < -0.39 is 36.3 Å². The fourth-order valence-corrected chi connectivity index (χ4v) is 4.90. The van der Waals surface area contributed by atoms with E-state index in [2.05, 4.69) is 10.6 Å². The molecule has 182 valence electrons. The van der Waals surface area contributed by atoms with Gasteiger partial charge in [0.25, 0.3) is 5.91 Å². The Kier molecular flexibility index (Phi) is 7.53. The van der Waals surface area contributed by atoms with Gasteiger partial charge in [-0.3, -0.25) is 19.2 Å². The Morgan fingerprint density at radius 3 is 2.74 bits per heavy atom. The highest BCUT2D eigenvalue weighted by molar-refractivity contribution is 6.31. The van der Waals surface area contributed by atoms with Gasteiger partial charge in [-0.2, -0.15) is 0 Å². The number of rotatable bonds is 6. The van der Waals surface area contributed by atoms with Crippen LogP contribution in [0.4, 0.5) is 0 Å². The molecule has 10 heteroatoms. The molecule has 3 aliphatic rings. The maximum Gasteiger partial charge on any atom is 0.310 e. The first-order valence-corrected chi connectivity index (χ1v) is 11.9. The Balaban J connectivity index is 1.48. The summed E-state index contributed by atoms with van der Waals surface area (Å²) >= 11 is 5.99. The van der Waals surface area contributed by atoms with Gasteiger partial charge in [-0.15, -0.1) is 0 Å². The number of benzene rings is 1. The lowest BCUT2D eigenvalue weighted by atomic mass is 10.0. The van der Waals surface area contributed by atoms with Crippen molar-refractivity contribution < 1.29 is 28.7 Å². The van der Waals surface area contributed by atoms with E-state index in [0.29, 0.717) is 42.9 Å². The fourth-order valence-electron chi connectivity index (χ4n) is 4.71. The van der Waals surface area contributed by atoms with E-state index in [1.807, 2.05) is 12.2 Å². The van der Waals surface area contributed by atoms with Gasteiger partial charge in [0, 0.05) is 23.2 Å². The van der Waals surface area contributed by atoms with E-state index in [1.165, 1.54) is 6.07 Å². The minimum absolute atomic E-state index is 0.0154. The molecule has 4 rings (SSSR count). The predicted octanol–water partition coefficient (Wildman–Crippen LogP) is 1.94. The molecule has 0 bridgehead atoms. The van der Waals surface area contributed by atoms with Crippen LogP contribution in [0.15, 0.2) is 36.4 Å². The predicted molar refractivity (Wildman–Crippen MR) is 123 cm³/mol. The Labute approximate surface area is 202 Å². The van der Waals surface area contributed by atoms with Gasteiger partial charge in [0.05, 0.1) is 6.42 Å². The number of carbonyl (C=O) groups excluding carboxylic acids is 4. The third-order valence-electron chi connectivity index (χ3n) is 6.32. The van der Waals surface area contributed by atoms with Crippen molar-refractivity contribution in [2.45, 2.75) is 69.5 Å². The van der Waals surface area contributed by atoms with Gasteiger partial charge in [0.1, 0.15) is 18.1 Å². The fraction of sp³-hybridized carbons (Fsp3) is 0.500. The van der Waals surface area contributed by atoms with Gasteiger partial charge < -0.3 is 25.0 Å². The molecule has 5 atom stereocenters. The van der Waals surface area contributed by atoms with Crippen LogP contribution in [0.2, 0.25) is 5.02 Å². The van der Waals surface area contributed by atoms with Crippen molar-refractivity contribution in [1.82, 2.24) is 15.5 Å². The molecular weight excluding hydrogens is 462 g/mol. The van der Waals surface area contributed by atoms with Gasteiger partial charge in [-0.1, -0.05) is 29.8 Å². The van der Waals surface area contributed by atoms with Crippen molar-refractivity contribution in [3.63, 3.8) is 0 Å². The molecule has 1 aromatic carbocycles. The third-order valence-corrected chi connectivity index (χ3v) is 6.55. The number of nitrogens with one attached hydrogen (secondary N) is 2. The van der Waals surface area contributed by atoms with E-state index in [9.17, 15) is 19.2 Å². The van der Waals surface area contributed by atoms with E-state index in [4.69, 9.17) is 21.1 Å². The number of esters is 1. The summed E-state index contributed by atoms with van der Waals surface area (Å²) < 4.78 is 10.6.